The molecule has 2 aromatic carbocycles. The molecule has 3 N–H and O–H groups in total. The van der Waals surface area contributed by atoms with Crippen LogP contribution in [-0.2, 0) is 9.59 Å². The molecule has 134 valence electrons. The zero-order valence-corrected chi connectivity index (χ0v) is 14.3. The summed E-state index contributed by atoms with van der Waals surface area (Å²) in [7, 11) is 0. The number of carbonyl (C=O) groups is 2. The molecule has 0 aromatic heterocycles. The van der Waals surface area contributed by atoms with Crippen LogP contribution in [-0.4, -0.2) is 22.8 Å². The lowest BCUT2D eigenvalue weighted by atomic mass is 10.0. The predicted octanol–water partition coefficient (Wildman–Crippen LogP) is 2.97. The van der Waals surface area contributed by atoms with Crippen LogP contribution in [0.2, 0.25) is 0 Å². The summed E-state index contributed by atoms with van der Waals surface area (Å²) in [4.78, 5) is 34.6. The summed E-state index contributed by atoms with van der Waals surface area (Å²) in [6.45, 7) is 3.94. The molecule has 2 aromatic rings. The van der Waals surface area contributed by atoms with Crippen molar-refractivity contribution in [3.05, 3.63) is 57.6 Å². The van der Waals surface area contributed by atoms with Gasteiger partial charge in [-0.2, -0.15) is 0 Å². The third-order valence-corrected chi connectivity index (χ3v) is 4.29. The first-order valence-electron chi connectivity index (χ1n) is 8.06. The molecule has 0 spiro atoms. The maximum atomic E-state index is 12.2. The van der Waals surface area contributed by atoms with Crippen LogP contribution in [0.15, 0.2) is 36.4 Å². The van der Waals surface area contributed by atoms with Crippen molar-refractivity contribution in [2.45, 2.75) is 26.3 Å². The topological polar surface area (TPSA) is 113 Å². The van der Waals surface area contributed by atoms with Crippen molar-refractivity contribution >= 4 is 34.6 Å². The number of anilines is 3. The van der Waals surface area contributed by atoms with Crippen LogP contribution in [0.3, 0.4) is 0 Å². The monoisotopic (exact) mass is 354 g/mol. The number of benzene rings is 2. The number of hydrogen-bond acceptors (Lipinski definition) is 5. The summed E-state index contributed by atoms with van der Waals surface area (Å²) < 4.78 is 0. The second-order valence-electron chi connectivity index (χ2n) is 6.22. The molecule has 26 heavy (non-hydrogen) atoms. The van der Waals surface area contributed by atoms with Gasteiger partial charge in [-0.1, -0.05) is 0 Å². The van der Waals surface area contributed by atoms with Crippen molar-refractivity contribution in [2.75, 3.05) is 16.0 Å². The molecule has 0 saturated carbocycles. The molecule has 2 amide bonds. The second-order valence-corrected chi connectivity index (χ2v) is 6.22. The number of non-ortho nitro benzene ring substituents is 1. The zero-order chi connectivity index (χ0) is 18.8. The number of nitrogens with one attached hydrogen (secondary N) is 3. The summed E-state index contributed by atoms with van der Waals surface area (Å²) in [5, 5.41) is 19.2. The number of amides is 2. The molecular weight excluding hydrogens is 336 g/mol. The summed E-state index contributed by atoms with van der Waals surface area (Å²) in [5.74, 6) is -0.640. The molecule has 8 nitrogen and oxygen atoms in total. The van der Waals surface area contributed by atoms with Crippen LogP contribution in [0, 0.1) is 24.0 Å². The minimum Gasteiger partial charge on any atom is -0.372 e. The molecular formula is C18H18N4O4. The van der Waals surface area contributed by atoms with E-state index in [2.05, 4.69) is 16.0 Å². The maximum absolute atomic E-state index is 12.2. The SMILES string of the molecule is Cc1cc2c(cc1C)N[C@@H](CC(=O)Nc1ccc([N+](=O)[O-])cc1)C(=O)N2. The van der Waals surface area contributed by atoms with E-state index in [-0.39, 0.29) is 23.9 Å². The van der Waals surface area contributed by atoms with Gasteiger partial charge in [0.15, 0.2) is 0 Å². The number of nitro groups is 1. The fraction of sp³-hybridized carbons (Fsp3) is 0.222. The molecule has 1 heterocycles. The molecule has 1 atom stereocenters. The van der Waals surface area contributed by atoms with Gasteiger partial charge in [-0.05, 0) is 49.2 Å². The lowest BCUT2D eigenvalue weighted by Gasteiger charge is -2.27. The van der Waals surface area contributed by atoms with E-state index in [4.69, 9.17) is 0 Å². The number of nitrogens with zero attached hydrogens (tertiary/aromatic N) is 1. The van der Waals surface area contributed by atoms with E-state index >= 15 is 0 Å². The van der Waals surface area contributed by atoms with Crippen molar-refractivity contribution in [1.82, 2.24) is 0 Å². The number of nitro benzene ring substituents is 1. The number of carbonyl (C=O) groups excluding carboxylic acids is 2. The fourth-order valence-corrected chi connectivity index (χ4v) is 2.72. The Balaban J connectivity index is 1.66. The summed E-state index contributed by atoms with van der Waals surface area (Å²) in [5.41, 5.74) is 4.01. The fourth-order valence-electron chi connectivity index (χ4n) is 2.72. The van der Waals surface area contributed by atoms with E-state index in [0.29, 0.717) is 11.4 Å². The lowest BCUT2D eigenvalue weighted by molar-refractivity contribution is -0.384. The molecule has 0 saturated heterocycles. The van der Waals surface area contributed by atoms with E-state index in [1.54, 1.807) is 0 Å². The molecule has 0 fully saturated rings. The Kier molecular flexibility index (Phi) is 4.57. The average Bonchev–Trinajstić information content (AvgIpc) is 2.58. The first-order valence-corrected chi connectivity index (χ1v) is 8.06. The molecule has 8 heteroatoms. The number of fused-ring (bicyclic) bond motifs is 1. The van der Waals surface area contributed by atoms with Crippen LogP contribution in [0.4, 0.5) is 22.7 Å². The Labute approximate surface area is 149 Å². The van der Waals surface area contributed by atoms with Gasteiger partial charge in [0.2, 0.25) is 11.8 Å². The van der Waals surface area contributed by atoms with Gasteiger partial charge in [-0.15, -0.1) is 0 Å². The highest BCUT2D eigenvalue weighted by Crippen LogP contribution is 2.30. The Morgan fingerprint density at radius 2 is 1.77 bits per heavy atom. The second kappa shape index (κ2) is 6.83. The highest BCUT2D eigenvalue weighted by atomic mass is 16.6. The van der Waals surface area contributed by atoms with Crippen LogP contribution in [0.5, 0.6) is 0 Å². The molecule has 1 aliphatic heterocycles. The van der Waals surface area contributed by atoms with Crippen LogP contribution < -0.4 is 16.0 Å². The largest absolute Gasteiger partial charge is 0.372 e. The standard InChI is InChI=1S/C18H18N4O4/c1-10-7-14-15(8-11(10)2)21-18(24)16(20-14)9-17(23)19-12-3-5-13(6-4-12)22(25)26/h3-8,16,20H,9H2,1-2H3,(H,19,23)(H,21,24)/t16-/m0/s1. The van der Waals surface area contributed by atoms with E-state index in [1.807, 2.05) is 26.0 Å². The summed E-state index contributed by atoms with van der Waals surface area (Å²) in [6, 6.07) is 8.65. The lowest BCUT2D eigenvalue weighted by Crippen LogP contribution is -2.41. The van der Waals surface area contributed by atoms with Gasteiger partial charge in [-0.3, -0.25) is 19.7 Å². The molecule has 1 aliphatic rings. The first-order chi connectivity index (χ1) is 12.3. The third-order valence-electron chi connectivity index (χ3n) is 4.29. The molecule has 0 bridgehead atoms. The Morgan fingerprint density at radius 3 is 2.38 bits per heavy atom. The third kappa shape index (κ3) is 3.64. The number of aryl methyl sites for hydroxylation is 2. The number of rotatable bonds is 4. The van der Waals surface area contributed by atoms with Crippen LogP contribution in [0.1, 0.15) is 17.5 Å². The van der Waals surface area contributed by atoms with Gasteiger partial charge in [0.25, 0.3) is 5.69 Å². The van der Waals surface area contributed by atoms with Crippen molar-refractivity contribution in [3.63, 3.8) is 0 Å². The van der Waals surface area contributed by atoms with E-state index in [9.17, 15) is 19.7 Å². The average molecular weight is 354 g/mol. The zero-order valence-electron chi connectivity index (χ0n) is 14.3. The van der Waals surface area contributed by atoms with Crippen LogP contribution in [0.25, 0.3) is 0 Å². The molecule has 3 rings (SSSR count). The highest BCUT2D eigenvalue weighted by Gasteiger charge is 2.28. The minimum atomic E-state index is -0.692. The van der Waals surface area contributed by atoms with Gasteiger partial charge >= 0.3 is 0 Å². The molecule has 0 aliphatic carbocycles. The van der Waals surface area contributed by atoms with Crippen molar-refractivity contribution in [2.24, 2.45) is 0 Å². The van der Waals surface area contributed by atoms with Gasteiger partial charge < -0.3 is 16.0 Å². The highest BCUT2D eigenvalue weighted by molar-refractivity contribution is 6.06. The Morgan fingerprint density at radius 1 is 1.15 bits per heavy atom. The summed E-state index contributed by atoms with van der Waals surface area (Å²) in [6.07, 6.45) is -0.0603. The minimum absolute atomic E-state index is 0.0569. The van der Waals surface area contributed by atoms with Crippen molar-refractivity contribution in [1.29, 1.82) is 0 Å². The van der Waals surface area contributed by atoms with Gasteiger partial charge in [-0.25, -0.2) is 0 Å². The maximum Gasteiger partial charge on any atom is 0.269 e. The van der Waals surface area contributed by atoms with Crippen LogP contribution >= 0.6 is 0 Å². The van der Waals surface area contributed by atoms with Gasteiger partial charge in [0, 0.05) is 17.8 Å². The number of hydrogen-bond donors (Lipinski definition) is 3. The Bertz CT molecular complexity index is 893. The predicted molar refractivity (Wildman–Crippen MR) is 98.3 cm³/mol. The molecule has 0 radical (unpaired) electrons. The Hall–Kier alpha value is -3.42. The molecule has 0 unspecified atom stereocenters. The smallest absolute Gasteiger partial charge is 0.269 e. The van der Waals surface area contributed by atoms with Crippen molar-refractivity contribution < 1.29 is 14.5 Å². The first kappa shape index (κ1) is 17.4. The quantitative estimate of drug-likeness (QED) is 0.577. The van der Waals surface area contributed by atoms with Gasteiger partial charge in [0.1, 0.15) is 6.04 Å². The normalized spacial score (nSPS) is 15.5. The van der Waals surface area contributed by atoms with Gasteiger partial charge in [0.05, 0.1) is 22.7 Å². The van der Waals surface area contributed by atoms with Crippen molar-refractivity contribution in [3.8, 4) is 0 Å². The van der Waals surface area contributed by atoms with E-state index < -0.39 is 11.0 Å². The van der Waals surface area contributed by atoms with E-state index in [1.165, 1.54) is 24.3 Å². The summed E-state index contributed by atoms with van der Waals surface area (Å²) >= 11 is 0. The van der Waals surface area contributed by atoms with E-state index in [0.717, 1.165) is 16.8 Å².